The largest absolute Gasteiger partial charge is 0.378 e. The van der Waals surface area contributed by atoms with Crippen LogP contribution in [-0.4, -0.2) is 47.0 Å². The quantitative estimate of drug-likeness (QED) is 0.730. The number of benzene rings is 1. The lowest BCUT2D eigenvalue weighted by Gasteiger charge is -2.27. The highest BCUT2D eigenvalue weighted by Gasteiger charge is 2.16. The van der Waals surface area contributed by atoms with Crippen LogP contribution in [0.4, 0.5) is 5.82 Å². The predicted molar refractivity (Wildman–Crippen MR) is 105 cm³/mol. The zero-order valence-corrected chi connectivity index (χ0v) is 15.6. The molecule has 1 aromatic carbocycles. The van der Waals surface area contributed by atoms with Gasteiger partial charge in [0.15, 0.2) is 5.69 Å². The van der Waals surface area contributed by atoms with Crippen LogP contribution in [0.1, 0.15) is 16.1 Å². The van der Waals surface area contributed by atoms with Crippen LogP contribution in [-0.2, 0) is 18.3 Å². The Hall–Kier alpha value is -3.26. The van der Waals surface area contributed by atoms with Gasteiger partial charge in [0.05, 0.1) is 18.6 Å². The molecule has 0 saturated carbocycles. The standard InChI is InChI=1S/C20H21N5O3/c1-24-20(27)16-5-3-2-4-15(16)18(23-24)19(26)22-13-14-6-7-17(21-12-14)25-8-10-28-11-9-25/h2-7,12H,8-11,13H2,1H3,(H,22,26). The number of aromatic nitrogens is 3. The minimum atomic E-state index is -0.330. The highest BCUT2D eigenvalue weighted by molar-refractivity contribution is 6.04. The molecule has 2 aromatic heterocycles. The van der Waals surface area contributed by atoms with Gasteiger partial charge in [0, 0.05) is 38.3 Å². The van der Waals surface area contributed by atoms with Gasteiger partial charge in [-0.25, -0.2) is 9.67 Å². The van der Waals surface area contributed by atoms with E-state index < -0.39 is 0 Å². The summed E-state index contributed by atoms with van der Waals surface area (Å²) in [5, 5.41) is 8.03. The normalized spacial score (nSPS) is 14.2. The van der Waals surface area contributed by atoms with Crippen LogP contribution < -0.4 is 15.8 Å². The first-order valence-corrected chi connectivity index (χ1v) is 9.15. The zero-order valence-electron chi connectivity index (χ0n) is 15.6. The van der Waals surface area contributed by atoms with Crippen molar-refractivity contribution >= 4 is 22.5 Å². The molecule has 28 heavy (non-hydrogen) atoms. The third-order valence-electron chi connectivity index (χ3n) is 4.77. The number of rotatable bonds is 4. The Balaban J connectivity index is 1.48. The molecule has 0 radical (unpaired) electrons. The van der Waals surface area contributed by atoms with Crippen molar-refractivity contribution in [3.8, 4) is 0 Å². The molecule has 1 amide bonds. The molecule has 1 aliphatic heterocycles. The van der Waals surface area contributed by atoms with Gasteiger partial charge in [-0.3, -0.25) is 9.59 Å². The number of pyridine rings is 1. The molecule has 1 N–H and O–H groups in total. The maximum atomic E-state index is 12.7. The summed E-state index contributed by atoms with van der Waals surface area (Å²) >= 11 is 0. The number of amides is 1. The molecule has 4 rings (SSSR count). The highest BCUT2D eigenvalue weighted by Crippen LogP contribution is 2.15. The van der Waals surface area contributed by atoms with Crippen molar-refractivity contribution in [2.75, 3.05) is 31.2 Å². The van der Waals surface area contributed by atoms with Gasteiger partial charge >= 0.3 is 0 Å². The topological polar surface area (TPSA) is 89.3 Å². The molecular weight excluding hydrogens is 358 g/mol. The Morgan fingerprint density at radius 3 is 2.61 bits per heavy atom. The smallest absolute Gasteiger partial charge is 0.274 e. The molecule has 0 spiro atoms. The molecule has 0 atom stereocenters. The van der Waals surface area contributed by atoms with E-state index in [1.807, 2.05) is 12.1 Å². The number of nitrogens with one attached hydrogen (secondary N) is 1. The predicted octanol–water partition coefficient (Wildman–Crippen LogP) is 1.10. The van der Waals surface area contributed by atoms with Crippen LogP contribution in [0.25, 0.3) is 10.8 Å². The summed E-state index contributed by atoms with van der Waals surface area (Å²) in [6.07, 6.45) is 1.76. The Bertz CT molecular complexity index is 1060. The van der Waals surface area contributed by atoms with Crippen molar-refractivity contribution in [1.82, 2.24) is 20.1 Å². The van der Waals surface area contributed by atoms with Crippen molar-refractivity contribution in [3.63, 3.8) is 0 Å². The fraction of sp³-hybridized carbons (Fsp3) is 0.300. The second-order valence-electron chi connectivity index (χ2n) is 6.63. The lowest BCUT2D eigenvalue weighted by atomic mass is 10.1. The first kappa shape index (κ1) is 18.1. The molecule has 8 heteroatoms. The van der Waals surface area contributed by atoms with Crippen LogP contribution in [0.5, 0.6) is 0 Å². The number of fused-ring (bicyclic) bond motifs is 1. The zero-order chi connectivity index (χ0) is 19.5. The van der Waals surface area contributed by atoms with Crippen molar-refractivity contribution in [1.29, 1.82) is 0 Å². The number of ether oxygens (including phenoxy) is 1. The summed E-state index contributed by atoms with van der Waals surface area (Å²) in [6.45, 7) is 3.40. The first-order chi connectivity index (χ1) is 13.6. The highest BCUT2D eigenvalue weighted by atomic mass is 16.5. The van der Waals surface area contributed by atoms with Crippen LogP contribution in [0.3, 0.4) is 0 Å². The summed E-state index contributed by atoms with van der Waals surface area (Å²) < 4.78 is 6.54. The third kappa shape index (κ3) is 3.59. The van der Waals surface area contributed by atoms with Gasteiger partial charge < -0.3 is 15.0 Å². The van der Waals surface area contributed by atoms with Gasteiger partial charge in [0.1, 0.15) is 5.82 Å². The second kappa shape index (κ2) is 7.77. The van der Waals surface area contributed by atoms with Gasteiger partial charge in [-0.05, 0) is 17.7 Å². The number of hydrogen-bond acceptors (Lipinski definition) is 6. The Kier molecular flexibility index (Phi) is 5.03. The van der Waals surface area contributed by atoms with Gasteiger partial charge in [0.2, 0.25) is 0 Å². The number of carbonyl (C=O) groups is 1. The Labute approximate surface area is 161 Å². The van der Waals surface area contributed by atoms with E-state index >= 15 is 0 Å². The minimum Gasteiger partial charge on any atom is -0.378 e. The van der Waals surface area contributed by atoms with Crippen LogP contribution >= 0.6 is 0 Å². The number of morpholine rings is 1. The molecule has 3 heterocycles. The average Bonchev–Trinajstić information content (AvgIpc) is 2.75. The summed E-state index contributed by atoms with van der Waals surface area (Å²) in [4.78, 5) is 31.5. The first-order valence-electron chi connectivity index (χ1n) is 9.15. The van der Waals surface area contributed by atoms with E-state index in [0.29, 0.717) is 30.5 Å². The van der Waals surface area contributed by atoms with E-state index in [9.17, 15) is 9.59 Å². The molecule has 144 valence electrons. The van der Waals surface area contributed by atoms with E-state index in [2.05, 4.69) is 20.3 Å². The number of nitrogens with zero attached hydrogens (tertiary/aromatic N) is 4. The van der Waals surface area contributed by atoms with Gasteiger partial charge in [0.25, 0.3) is 11.5 Å². The molecule has 1 fully saturated rings. The van der Waals surface area contributed by atoms with E-state index in [0.717, 1.165) is 24.5 Å². The fourth-order valence-corrected chi connectivity index (χ4v) is 3.23. The molecule has 0 aliphatic carbocycles. The maximum Gasteiger partial charge on any atom is 0.274 e. The van der Waals surface area contributed by atoms with Gasteiger partial charge in [-0.2, -0.15) is 5.10 Å². The Morgan fingerprint density at radius 2 is 1.89 bits per heavy atom. The summed E-state index contributed by atoms with van der Waals surface area (Å²) in [5.74, 6) is 0.577. The minimum absolute atomic E-state index is 0.227. The summed E-state index contributed by atoms with van der Waals surface area (Å²) in [5.41, 5.74) is 0.894. The third-order valence-corrected chi connectivity index (χ3v) is 4.77. The van der Waals surface area contributed by atoms with E-state index in [-0.39, 0.29) is 17.2 Å². The van der Waals surface area contributed by atoms with Crippen molar-refractivity contribution < 1.29 is 9.53 Å². The molecule has 3 aromatic rings. The van der Waals surface area contributed by atoms with E-state index in [1.54, 1.807) is 37.5 Å². The second-order valence-corrected chi connectivity index (χ2v) is 6.63. The van der Waals surface area contributed by atoms with Crippen molar-refractivity contribution in [2.24, 2.45) is 7.05 Å². The lowest BCUT2D eigenvalue weighted by Crippen LogP contribution is -2.36. The lowest BCUT2D eigenvalue weighted by molar-refractivity contribution is 0.0945. The van der Waals surface area contributed by atoms with Crippen LogP contribution in [0.15, 0.2) is 47.4 Å². The van der Waals surface area contributed by atoms with Gasteiger partial charge in [-0.1, -0.05) is 24.3 Å². The van der Waals surface area contributed by atoms with Crippen LogP contribution in [0, 0.1) is 0 Å². The van der Waals surface area contributed by atoms with Crippen molar-refractivity contribution in [3.05, 3.63) is 64.2 Å². The fourth-order valence-electron chi connectivity index (χ4n) is 3.23. The summed E-state index contributed by atoms with van der Waals surface area (Å²) in [7, 11) is 1.54. The molecule has 0 bridgehead atoms. The summed E-state index contributed by atoms with van der Waals surface area (Å²) in [6, 6.07) is 10.9. The molecule has 0 unspecified atom stereocenters. The van der Waals surface area contributed by atoms with Crippen molar-refractivity contribution in [2.45, 2.75) is 6.54 Å². The monoisotopic (exact) mass is 379 g/mol. The van der Waals surface area contributed by atoms with E-state index in [4.69, 9.17) is 4.74 Å². The van der Waals surface area contributed by atoms with Gasteiger partial charge in [-0.15, -0.1) is 0 Å². The molecule has 1 saturated heterocycles. The Morgan fingerprint density at radius 1 is 1.14 bits per heavy atom. The number of aryl methyl sites for hydroxylation is 1. The number of carbonyl (C=O) groups excluding carboxylic acids is 1. The average molecular weight is 379 g/mol. The number of anilines is 1. The maximum absolute atomic E-state index is 12.7. The SMILES string of the molecule is Cn1nc(C(=O)NCc2ccc(N3CCOCC3)nc2)c2ccccc2c1=O. The molecule has 1 aliphatic rings. The van der Waals surface area contributed by atoms with E-state index in [1.165, 1.54) is 4.68 Å². The molecular formula is C20H21N5O3. The number of hydrogen-bond donors (Lipinski definition) is 1. The molecule has 8 nitrogen and oxygen atoms in total. The van der Waals surface area contributed by atoms with Crippen LogP contribution in [0.2, 0.25) is 0 Å².